The molecule has 1 rings (SSSR count). The second-order valence-electron chi connectivity index (χ2n) is 2.67. The standard InChI is InChI=1S/C8H11BrN2/c1-6(10)4-7-2-3-8(9)11-5-7/h2-3,5-6H,4,10H2,1H3/t6-/m1/s1. The van der Waals surface area contributed by atoms with Crippen LogP contribution in [0.15, 0.2) is 22.9 Å². The molecule has 0 radical (unpaired) electrons. The fourth-order valence-electron chi connectivity index (χ4n) is 0.899. The van der Waals surface area contributed by atoms with Crippen LogP contribution >= 0.6 is 15.9 Å². The van der Waals surface area contributed by atoms with Gasteiger partial charge < -0.3 is 5.73 Å². The van der Waals surface area contributed by atoms with E-state index in [-0.39, 0.29) is 6.04 Å². The Hall–Kier alpha value is -0.410. The zero-order valence-electron chi connectivity index (χ0n) is 6.42. The minimum absolute atomic E-state index is 0.206. The molecule has 0 spiro atoms. The average molecular weight is 215 g/mol. The van der Waals surface area contributed by atoms with Gasteiger partial charge in [-0.2, -0.15) is 0 Å². The van der Waals surface area contributed by atoms with E-state index in [4.69, 9.17) is 5.73 Å². The molecule has 0 aliphatic heterocycles. The lowest BCUT2D eigenvalue weighted by atomic mass is 10.1. The molecule has 0 amide bonds. The summed E-state index contributed by atoms with van der Waals surface area (Å²) in [6.07, 6.45) is 2.73. The summed E-state index contributed by atoms with van der Waals surface area (Å²) in [5.41, 5.74) is 6.81. The molecule has 0 unspecified atom stereocenters. The number of hydrogen-bond donors (Lipinski definition) is 1. The first-order valence-corrected chi connectivity index (χ1v) is 4.34. The Morgan fingerprint density at radius 3 is 2.82 bits per heavy atom. The SMILES string of the molecule is C[C@@H](N)Cc1ccc(Br)nc1. The normalized spacial score (nSPS) is 13.0. The molecule has 0 saturated carbocycles. The molecule has 0 fully saturated rings. The van der Waals surface area contributed by atoms with Gasteiger partial charge in [-0.05, 0) is 40.9 Å². The van der Waals surface area contributed by atoms with Gasteiger partial charge >= 0.3 is 0 Å². The van der Waals surface area contributed by atoms with Crippen LogP contribution in [-0.2, 0) is 6.42 Å². The summed E-state index contributed by atoms with van der Waals surface area (Å²) in [7, 11) is 0. The van der Waals surface area contributed by atoms with Crippen molar-refractivity contribution in [3.05, 3.63) is 28.5 Å². The summed E-state index contributed by atoms with van der Waals surface area (Å²) in [5.74, 6) is 0. The molecule has 0 aliphatic rings. The second kappa shape index (κ2) is 3.83. The first kappa shape index (κ1) is 8.68. The number of nitrogens with zero attached hydrogens (tertiary/aromatic N) is 1. The molecule has 0 aromatic carbocycles. The highest BCUT2D eigenvalue weighted by Gasteiger charge is 1.97. The topological polar surface area (TPSA) is 38.9 Å². The molecular formula is C8H11BrN2. The van der Waals surface area contributed by atoms with Crippen molar-refractivity contribution in [1.29, 1.82) is 0 Å². The predicted octanol–water partition coefficient (Wildman–Crippen LogP) is 1.73. The maximum Gasteiger partial charge on any atom is 0.106 e. The van der Waals surface area contributed by atoms with Crippen molar-refractivity contribution in [1.82, 2.24) is 4.98 Å². The fourth-order valence-corrected chi connectivity index (χ4v) is 1.13. The van der Waals surface area contributed by atoms with Crippen LogP contribution in [0.5, 0.6) is 0 Å². The molecule has 2 N–H and O–H groups in total. The number of hydrogen-bond acceptors (Lipinski definition) is 2. The summed E-state index contributed by atoms with van der Waals surface area (Å²) in [6, 6.07) is 4.16. The Balaban J connectivity index is 2.66. The lowest BCUT2D eigenvalue weighted by molar-refractivity contribution is 0.735. The fraction of sp³-hybridized carbons (Fsp3) is 0.375. The van der Waals surface area contributed by atoms with Gasteiger partial charge in [-0.15, -0.1) is 0 Å². The van der Waals surface area contributed by atoms with E-state index in [1.807, 2.05) is 25.3 Å². The van der Waals surface area contributed by atoms with Crippen LogP contribution in [0.2, 0.25) is 0 Å². The van der Waals surface area contributed by atoms with E-state index >= 15 is 0 Å². The van der Waals surface area contributed by atoms with Gasteiger partial charge in [0, 0.05) is 12.2 Å². The molecule has 0 saturated heterocycles. The van der Waals surface area contributed by atoms with Crippen molar-refractivity contribution in [3.8, 4) is 0 Å². The minimum Gasteiger partial charge on any atom is -0.328 e. The largest absolute Gasteiger partial charge is 0.328 e. The van der Waals surface area contributed by atoms with Crippen molar-refractivity contribution in [2.75, 3.05) is 0 Å². The number of nitrogens with two attached hydrogens (primary N) is 1. The van der Waals surface area contributed by atoms with Crippen LogP contribution in [0.4, 0.5) is 0 Å². The van der Waals surface area contributed by atoms with Gasteiger partial charge in [0.15, 0.2) is 0 Å². The Bertz CT molecular complexity index is 218. The lowest BCUT2D eigenvalue weighted by Crippen LogP contribution is -2.17. The molecule has 0 aliphatic carbocycles. The van der Waals surface area contributed by atoms with Gasteiger partial charge in [-0.1, -0.05) is 6.07 Å². The highest BCUT2D eigenvalue weighted by atomic mass is 79.9. The van der Waals surface area contributed by atoms with Gasteiger partial charge in [0.2, 0.25) is 0 Å². The summed E-state index contributed by atoms with van der Waals surface area (Å²) < 4.78 is 0.867. The summed E-state index contributed by atoms with van der Waals surface area (Å²) in [5, 5.41) is 0. The molecule has 1 aromatic rings. The van der Waals surface area contributed by atoms with Gasteiger partial charge in [0.25, 0.3) is 0 Å². The molecular weight excluding hydrogens is 204 g/mol. The highest BCUT2D eigenvalue weighted by molar-refractivity contribution is 9.10. The van der Waals surface area contributed by atoms with Gasteiger partial charge in [0.1, 0.15) is 4.60 Å². The van der Waals surface area contributed by atoms with Crippen molar-refractivity contribution in [2.45, 2.75) is 19.4 Å². The molecule has 3 heteroatoms. The molecule has 2 nitrogen and oxygen atoms in total. The van der Waals surface area contributed by atoms with Crippen LogP contribution in [0.25, 0.3) is 0 Å². The predicted molar refractivity (Wildman–Crippen MR) is 49.3 cm³/mol. The molecule has 1 heterocycles. The molecule has 11 heavy (non-hydrogen) atoms. The Kier molecular flexibility index (Phi) is 3.02. The number of halogens is 1. The van der Waals surface area contributed by atoms with E-state index in [1.54, 1.807) is 0 Å². The maximum absolute atomic E-state index is 5.62. The zero-order chi connectivity index (χ0) is 8.27. The van der Waals surface area contributed by atoms with E-state index in [9.17, 15) is 0 Å². The third-order valence-electron chi connectivity index (χ3n) is 1.35. The summed E-state index contributed by atoms with van der Waals surface area (Å²) in [6.45, 7) is 1.99. The molecule has 1 aromatic heterocycles. The average Bonchev–Trinajstić information content (AvgIpc) is 1.93. The molecule has 1 atom stereocenters. The van der Waals surface area contributed by atoms with E-state index in [0.717, 1.165) is 11.0 Å². The van der Waals surface area contributed by atoms with Crippen molar-refractivity contribution >= 4 is 15.9 Å². The highest BCUT2D eigenvalue weighted by Crippen LogP contribution is 2.07. The minimum atomic E-state index is 0.206. The zero-order valence-corrected chi connectivity index (χ0v) is 8.01. The molecule has 60 valence electrons. The molecule has 0 bridgehead atoms. The third-order valence-corrected chi connectivity index (χ3v) is 1.82. The van der Waals surface area contributed by atoms with Crippen LogP contribution in [0.3, 0.4) is 0 Å². The first-order chi connectivity index (χ1) is 5.18. The van der Waals surface area contributed by atoms with Crippen LogP contribution in [0, 0.1) is 0 Å². The Morgan fingerprint density at radius 1 is 1.64 bits per heavy atom. The number of rotatable bonds is 2. The monoisotopic (exact) mass is 214 g/mol. The lowest BCUT2D eigenvalue weighted by Gasteiger charge is -2.03. The third kappa shape index (κ3) is 2.99. The number of aromatic nitrogens is 1. The Labute approximate surface area is 75.0 Å². The van der Waals surface area contributed by atoms with Crippen molar-refractivity contribution in [2.24, 2.45) is 5.73 Å². The van der Waals surface area contributed by atoms with Gasteiger partial charge in [-0.25, -0.2) is 4.98 Å². The maximum atomic E-state index is 5.62. The van der Waals surface area contributed by atoms with Crippen LogP contribution < -0.4 is 5.73 Å². The van der Waals surface area contributed by atoms with E-state index in [1.165, 1.54) is 5.56 Å². The summed E-state index contributed by atoms with van der Waals surface area (Å²) in [4.78, 5) is 4.09. The first-order valence-electron chi connectivity index (χ1n) is 3.54. The second-order valence-corrected chi connectivity index (χ2v) is 3.48. The smallest absolute Gasteiger partial charge is 0.106 e. The van der Waals surface area contributed by atoms with E-state index < -0.39 is 0 Å². The van der Waals surface area contributed by atoms with Crippen molar-refractivity contribution in [3.63, 3.8) is 0 Å². The summed E-state index contributed by atoms with van der Waals surface area (Å²) >= 11 is 3.27. The van der Waals surface area contributed by atoms with Crippen LogP contribution in [0.1, 0.15) is 12.5 Å². The van der Waals surface area contributed by atoms with E-state index in [0.29, 0.717) is 0 Å². The van der Waals surface area contributed by atoms with E-state index in [2.05, 4.69) is 20.9 Å². The quantitative estimate of drug-likeness (QED) is 0.763. The number of pyridine rings is 1. The van der Waals surface area contributed by atoms with Crippen molar-refractivity contribution < 1.29 is 0 Å². The van der Waals surface area contributed by atoms with Gasteiger partial charge in [0.05, 0.1) is 0 Å². The van der Waals surface area contributed by atoms with Crippen LogP contribution in [-0.4, -0.2) is 11.0 Å². The Morgan fingerprint density at radius 2 is 2.36 bits per heavy atom. The van der Waals surface area contributed by atoms with Gasteiger partial charge in [-0.3, -0.25) is 0 Å².